The lowest BCUT2D eigenvalue weighted by Crippen LogP contribution is -2.13. The molecule has 1 fully saturated rings. The minimum absolute atomic E-state index is 0.130. The average molecular weight is 230 g/mol. The first kappa shape index (κ1) is 10.5. The molecule has 2 bridgehead atoms. The van der Waals surface area contributed by atoms with Gasteiger partial charge in [-0.05, 0) is 48.9 Å². The molecule has 2 aliphatic rings. The van der Waals surface area contributed by atoms with Crippen LogP contribution in [0, 0.1) is 11.8 Å². The molecule has 3 heteroatoms. The summed E-state index contributed by atoms with van der Waals surface area (Å²) in [6.07, 6.45) is 3.50. The number of carbonyl (C=O) groups is 2. The van der Waals surface area contributed by atoms with Crippen LogP contribution in [-0.2, 0) is 17.6 Å². The van der Waals surface area contributed by atoms with Gasteiger partial charge in [0.1, 0.15) is 5.78 Å². The molecule has 2 atom stereocenters. The van der Waals surface area contributed by atoms with Crippen LogP contribution in [0.15, 0.2) is 18.2 Å². The number of benzene rings is 1. The molecule has 1 N–H and O–H groups in total. The maximum Gasteiger partial charge on any atom is 0.335 e. The van der Waals surface area contributed by atoms with Crippen molar-refractivity contribution in [3.63, 3.8) is 0 Å². The number of carboxylic acids is 1. The summed E-state index contributed by atoms with van der Waals surface area (Å²) in [6, 6.07) is 5.27. The molecule has 1 aromatic rings. The third-order valence-corrected chi connectivity index (χ3v) is 4.05. The van der Waals surface area contributed by atoms with E-state index in [2.05, 4.69) is 0 Å². The van der Waals surface area contributed by atoms with E-state index in [0.717, 1.165) is 36.8 Å². The second-order valence-corrected chi connectivity index (χ2v) is 5.07. The molecule has 0 amide bonds. The van der Waals surface area contributed by atoms with Gasteiger partial charge in [-0.15, -0.1) is 0 Å². The lowest BCUT2D eigenvalue weighted by Gasteiger charge is -2.12. The van der Waals surface area contributed by atoms with Crippen LogP contribution in [0.25, 0.3) is 0 Å². The van der Waals surface area contributed by atoms with Crippen LogP contribution in [0.4, 0.5) is 0 Å². The van der Waals surface area contributed by atoms with Gasteiger partial charge in [-0.2, -0.15) is 0 Å². The summed E-state index contributed by atoms with van der Waals surface area (Å²) in [5.74, 6) is -0.200. The van der Waals surface area contributed by atoms with Gasteiger partial charge in [0, 0.05) is 11.8 Å². The predicted molar refractivity (Wildman–Crippen MR) is 62.0 cm³/mol. The molecule has 88 valence electrons. The highest BCUT2D eigenvalue weighted by molar-refractivity contribution is 5.89. The lowest BCUT2D eigenvalue weighted by molar-refractivity contribution is -0.123. The van der Waals surface area contributed by atoms with Gasteiger partial charge in [-0.25, -0.2) is 4.79 Å². The second-order valence-electron chi connectivity index (χ2n) is 5.07. The molecular formula is C14H14O3. The lowest BCUT2D eigenvalue weighted by atomic mass is 9.92. The molecule has 0 radical (unpaired) electrons. The highest BCUT2D eigenvalue weighted by Gasteiger charge is 2.37. The molecule has 3 rings (SSSR count). The maximum absolute atomic E-state index is 12.0. The van der Waals surface area contributed by atoms with E-state index in [0.29, 0.717) is 11.3 Å². The van der Waals surface area contributed by atoms with E-state index in [-0.39, 0.29) is 11.8 Å². The van der Waals surface area contributed by atoms with E-state index in [4.69, 9.17) is 5.11 Å². The van der Waals surface area contributed by atoms with Crippen molar-refractivity contribution >= 4 is 11.8 Å². The highest BCUT2D eigenvalue weighted by atomic mass is 16.4. The number of Topliss-reactive ketones (excluding diaryl/α,β-unsaturated/α-hetero) is 1. The van der Waals surface area contributed by atoms with Crippen LogP contribution in [0.5, 0.6) is 0 Å². The largest absolute Gasteiger partial charge is 0.478 e. The van der Waals surface area contributed by atoms with E-state index in [9.17, 15) is 9.59 Å². The van der Waals surface area contributed by atoms with Crippen molar-refractivity contribution in [2.24, 2.45) is 11.8 Å². The summed E-state index contributed by atoms with van der Waals surface area (Å²) in [4.78, 5) is 22.9. The van der Waals surface area contributed by atoms with Crippen molar-refractivity contribution in [1.82, 2.24) is 0 Å². The fraction of sp³-hybridized carbons (Fsp3) is 0.429. The fourth-order valence-corrected chi connectivity index (χ4v) is 3.10. The molecule has 2 aliphatic carbocycles. The van der Waals surface area contributed by atoms with Crippen LogP contribution in [0.1, 0.15) is 34.3 Å². The Balaban J connectivity index is 2.03. The van der Waals surface area contributed by atoms with E-state index >= 15 is 0 Å². The Morgan fingerprint density at radius 1 is 1.12 bits per heavy atom. The first-order valence-electron chi connectivity index (χ1n) is 6.04. The number of carbonyl (C=O) groups excluding carboxylic acids is 1. The van der Waals surface area contributed by atoms with Crippen molar-refractivity contribution in [3.05, 3.63) is 34.9 Å². The zero-order chi connectivity index (χ0) is 12.0. The van der Waals surface area contributed by atoms with E-state index < -0.39 is 5.97 Å². The minimum Gasteiger partial charge on any atom is -0.478 e. The quantitative estimate of drug-likeness (QED) is 0.803. The molecule has 0 spiro atoms. The number of rotatable bonds is 1. The van der Waals surface area contributed by atoms with Gasteiger partial charge in [-0.3, -0.25) is 4.79 Å². The number of hydrogen-bond donors (Lipinski definition) is 1. The Kier molecular flexibility index (Phi) is 2.28. The van der Waals surface area contributed by atoms with Crippen LogP contribution < -0.4 is 0 Å². The van der Waals surface area contributed by atoms with Crippen molar-refractivity contribution in [1.29, 1.82) is 0 Å². The van der Waals surface area contributed by atoms with E-state index in [1.807, 2.05) is 6.07 Å². The average Bonchev–Trinajstić information content (AvgIpc) is 2.54. The van der Waals surface area contributed by atoms with Gasteiger partial charge >= 0.3 is 5.97 Å². The second kappa shape index (κ2) is 3.69. The number of carboxylic acid groups (broad SMARTS) is 1. The summed E-state index contributed by atoms with van der Waals surface area (Å²) in [7, 11) is 0. The van der Waals surface area contributed by atoms with Crippen LogP contribution in [0.2, 0.25) is 0 Å². The summed E-state index contributed by atoms with van der Waals surface area (Å²) in [6.45, 7) is 0. The molecule has 1 saturated carbocycles. The van der Waals surface area contributed by atoms with Crippen LogP contribution in [-0.4, -0.2) is 16.9 Å². The van der Waals surface area contributed by atoms with Crippen molar-refractivity contribution < 1.29 is 14.7 Å². The normalized spacial score (nSPS) is 26.5. The third-order valence-electron chi connectivity index (χ3n) is 4.05. The Bertz CT molecular complexity index is 504. The molecule has 0 saturated heterocycles. The Morgan fingerprint density at radius 3 is 2.41 bits per heavy atom. The molecular weight excluding hydrogens is 216 g/mol. The van der Waals surface area contributed by atoms with Crippen LogP contribution in [0.3, 0.4) is 0 Å². The highest BCUT2D eigenvalue weighted by Crippen LogP contribution is 2.37. The SMILES string of the molecule is O=C(O)c1ccc2c(c1)C[C@H]1CC[C@@H](C2)C1=O. The standard InChI is InChI=1S/C14H14O3/c15-13-9-2-3-10(13)6-12-7-11(14(16)17)4-1-8(12)5-9/h1,4,7,9-10H,2-3,5-6H2,(H,16,17)/t9-,10+/m0/s1. The van der Waals surface area contributed by atoms with Gasteiger partial charge in [0.2, 0.25) is 0 Å². The number of fused-ring (bicyclic) bond motifs is 3. The summed E-state index contributed by atoms with van der Waals surface area (Å²) in [5.41, 5.74) is 2.55. The monoisotopic (exact) mass is 230 g/mol. The Hall–Kier alpha value is -1.64. The molecule has 0 unspecified atom stereocenters. The number of ketones is 1. The van der Waals surface area contributed by atoms with E-state index in [1.54, 1.807) is 12.1 Å². The van der Waals surface area contributed by atoms with Crippen LogP contribution >= 0.6 is 0 Å². The molecule has 3 nitrogen and oxygen atoms in total. The summed E-state index contributed by atoms with van der Waals surface area (Å²) >= 11 is 0. The zero-order valence-corrected chi connectivity index (χ0v) is 9.48. The molecule has 0 heterocycles. The molecule has 1 aromatic carbocycles. The maximum atomic E-state index is 12.0. The van der Waals surface area contributed by atoms with Crippen molar-refractivity contribution in [2.45, 2.75) is 25.7 Å². The first-order chi connectivity index (χ1) is 8.15. The van der Waals surface area contributed by atoms with Gasteiger partial charge in [0.15, 0.2) is 0 Å². The molecule has 0 aliphatic heterocycles. The van der Waals surface area contributed by atoms with Gasteiger partial charge in [0.25, 0.3) is 0 Å². The van der Waals surface area contributed by atoms with Crippen molar-refractivity contribution in [3.8, 4) is 0 Å². The smallest absolute Gasteiger partial charge is 0.335 e. The first-order valence-corrected chi connectivity index (χ1v) is 6.04. The minimum atomic E-state index is -0.895. The Labute approximate surface area is 99.5 Å². The summed E-state index contributed by atoms with van der Waals surface area (Å²) < 4.78 is 0. The number of hydrogen-bond acceptors (Lipinski definition) is 2. The Morgan fingerprint density at radius 2 is 1.76 bits per heavy atom. The fourth-order valence-electron chi connectivity index (χ4n) is 3.10. The summed E-state index contributed by atoms with van der Waals surface area (Å²) in [5, 5.41) is 8.97. The topological polar surface area (TPSA) is 54.4 Å². The van der Waals surface area contributed by atoms with Gasteiger partial charge < -0.3 is 5.11 Å². The third kappa shape index (κ3) is 1.66. The number of aromatic carboxylic acids is 1. The van der Waals surface area contributed by atoms with E-state index in [1.165, 1.54) is 0 Å². The van der Waals surface area contributed by atoms with Crippen molar-refractivity contribution in [2.75, 3.05) is 0 Å². The molecule has 17 heavy (non-hydrogen) atoms. The predicted octanol–water partition coefficient (Wildman–Crippen LogP) is 2.08. The molecule has 0 aromatic heterocycles. The van der Waals surface area contributed by atoms with Gasteiger partial charge in [0.05, 0.1) is 5.56 Å². The van der Waals surface area contributed by atoms with Gasteiger partial charge in [-0.1, -0.05) is 6.07 Å². The zero-order valence-electron chi connectivity index (χ0n) is 9.48.